The van der Waals surface area contributed by atoms with Crippen LogP contribution in [0.2, 0.25) is 0 Å². The Kier molecular flexibility index (Phi) is 8.21. The van der Waals surface area contributed by atoms with E-state index in [1.165, 1.54) is 0 Å². The van der Waals surface area contributed by atoms with E-state index >= 15 is 0 Å². The summed E-state index contributed by atoms with van der Waals surface area (Å²) in [7, 11) is 0. The average molecular weight is 177 g/mol. The number of hydrogen-bond acceptors (Lipinski definition) is 3. The third-order valence-corrected chi connectivity index (χ3v) is 0.703. The molecule has 0 aromatic rings. The van der Waals surface area contributed by atoms with Gasteiger partial charge in [-0.1, -0.05) is 0 Å². The SMILES string of the molecule is CCOC(=O)NC=CC(=O)O.O. The van der Waals surface area contributed by atoms with Crippen LogP contribution in [-0.2, 0) is 9.53 Å². The van der Waals surface area contributed by atoms with Crippen molar-refractivity contribution in [1.82, 2.24) is 5.32 Å². The highest BCUT2D eigenvalue weighted by Gasteiger charge is 1.94. The minimum Gasteiger partial charge on any atom is -0.478 e. The lowest BCUT2D eigenvalue weighted by Crippen LogP contribution is -2.18. The van der Waals surface area contributed by atoms with Crippen LogP contribution in [0, 0.1) is 0 Å². The van der Waals surface area contributed by atoms with Crippen LogP contribution in [0.25, 0.3) is 0 Å². The lowest BCUT2D eigenvalue weighted by Gasteiger charge is -1.97. The second-order valence-corrected chi connectivity index (χ2v) is 1.54. The zero-order chi connectivity index (χ0) is 8.69. The van der Waals surface area contributed by atoms with Crippen LogP contribution in [0.15, 0.2) is 12.3 Å². The summed E-state index contributed by atoms with van der Waals surface area (Å²) in [5.41, 5.74) is 0. The molecule has 0 bridgehead atoms. The molecule has 70 valence electrons. The van der Waals surface area contributed by atoms with Crippen LogP contribution in [0.4, 0.5) is 4.79 Å². The van der Waals surface area contributed by atoms with Crippen LogP contribution in [-0.4, -0.2) is 29.3 Å². The van der Waals surface area contributed by atoms with Gasteiger partial charge in [-0.05, 0) is 6.92 Å². The Bertz CT molecular complexity index is 177. The Hall–Kier alpha value is -1.56. The van der Waals surface area contributed by atoms with E-state index in [-0.39, 0.29) is 12.1 Å². The number of carboxylic acid groups (broad SMARTS) is 1. The molecule has 0 aliphatic heterocycles. The van der Waals surface area contributed by atoms with Gasteiger partial charge in [-0.2, -0.15) is 0 Å². The van der Waals surface area contributed by atoms with Gasteiger partial charge in [-0.25, -0.2) is 9.59 Å². The van der Waals surface area contributed by atoms with Gasteiger partial charge < -0.3 is 15.3 Å². The van der Waals surface area contributed by atoms with Crippen LogP contribution in [0.1, 0.15) is 6.92 Å². The molecule has 0 saturated heterocycles. The predicted molar refractivity (Wildman–Crippen MR) is 40.5 cm³/mol. The molecule has 0 aliphatic carbocycles. The third kappa shape index (κ3) is 8.44. The van der Waals surface area contributed by atoms with Gasteiger partial charge in [0.05, 0.1) is 6.61 Å². The monoisotopic (exact) mass is 177 g/mol. The zero-order valence-electron chi connectivity index (χ0n) is 6.53. The minimum atomic E-state index is -1.12. The third-order valence-electron chi connectivity index (χ3n) is 0.703. The van der Waals surface area contributed by atoms with Crippen molar-refractivity contribution >= 4 is 12.1 Å². The number of hydrogen-bond donors (Lipinski definition) is 2. The highest BCUT2D eigenvalue weighted by Crippen LogP contribution is 1.76. The van der Waals surface area contributed by atoms with Crippen molar-refractivity contribution in [3.8, 4) is 0 Å². The zero-order valence-corrected chi connectivity index (χ0v) is 6.53. The standard InChI is InChI=1S/C6H9NO4.H2O/c1-2-11-6(10)7-4-3-5(8)9;/h3-4H,2H2,1H3,(H,7,10)(H,8,9);1H2. The molecule has 4 N–H and O–H groups in total. The highest BCUT2D eigenvalue weighted by molar-refractivity contribution is 5.80. The molecule has 0 unspecified atom stereocenters. The summed E-state index contributed by atoms with van der Waals surface area (Å²) in [6.45, 7) is 1.91. The lowest BCUT2D eigenvalue weighted by atomic mass is 10.6. The van der Waals surface area contributed by atoms with Crippen molar-refractivity contribution in [3.63, 3.8) is 0 Å². The molecule has 0 heterocycles. The highest BCUT2D eigenvalue weighted by atomic mass is 16.5. The fourth-order valence-corrected chi connectivity index (χ4v) is 0.354. The smallest absolute Gasteiger partial charge is 0.411 e. The van der Waals surface area contributed by atoms with Crippen LogP contribution >= 0.6 is 0 Å². The first-order valence-electron chi connectivity index (χ1n) is 2.99. The van der Waals surface area contributed by atoms with E-state index < -0.39 is 12.1 Å². The van der Waals surface area contributed by atoms with Crippen molar-refractivity contribution < 1.29 is 24.9 Å². The fraction of sp³-hybridized carbons (Fsp3) is 0.333. The Morgan fingerprint density at radius 1 is 1.58 bits per heavy atom. The van der Waals surface area contributed by atoms with Crippen LogP contribution in [0.5, 0.6) is 0 Å². The van der Waals surface area contributed by atoms with Gasteiger partial charge in [0.2, 0.25) is 0 Å². The molecular weight excluding hydrogens is 166 g/mol. The maximum absolute atomic E-state index is 10.4. The first-order valence-corrected chi connectivity index (χ1v) is 2.99. The second kappa shape index (κ2) is 7.55. The van der Waals surface area contributed by atoms with Crippen LogP contribution < -0.4 is 5.32 Å². The summed E-state index contributed by atoms with van der Waals surface area (Å²) in [6, 6.07) is 0. The van der Waals surface area contributed by atoms with E-state index in [0.29, 0.717) is 0 Å². The van der Waals surface area contributed by atoms with Crippen LogP contribution in [0.3, 0.4) is 0 Å². The van der Waals surface area contributed by atoms with Crippen molar-refractivity contribution in [2.75, 3.05) is 6.61 Å². The Morgan fingerprint density at radius 3 is 2.58 bits per heavy atom. The first kappa shape index (κ1) is 13.1. The van der Waals surface area contributed by atoms with Crippen molar-refractivity contribution in [1.29, 1.82) is 0 Å². The van der Waals surface area contributed by atoms with Gasteiger partial charge in [0, 0.05) is 12.3 Å². The molecule has 0 spiro atoms. The summed E-state index contributed by atoms with van der Waals surface area (Å²) in [6.07, 6.45) is 1.14. The molecule has 0 aromatic carbocycles. The summed E-state index contributed by atoms with van der Waals surface area (Å²) < 4.78 is 4.43. The molecule has 6 nitrogen and oxygen atoms in total. The van der Waals surface area contributed by atoms with E-state index in [4.69, 9.17) is 5.11 Å². The largest absolute Gasteiger partial charge is 0.478 e. The number of carbonyl (C=O) groups is 2. The molecule has 0 aliphatic rings. The van der Waals surface area contributed by atoms with E-state index in [1.54, 1.807) is 6.92 Å². The van der Waals surface area contributed by atoms with Gasteiger partial charge in [0.25, 0.3) is 0 Å². The molecule has 1 amide bonds. The molecule has 0 atom stereocenters. The maximum Gasteiger partial charge on any atom is 0.411 e. The van der Waals surface area contributed by atoms with Gasteiger partial charge in [0.1, 0.15) is 0 Å². The van der Waals surface area contributed by atoms with E-state index in [9.17, 15) is 9.59 Å². The normalized spacial score (nSPS) is 8.75. The number of rotatable bonds is 3. The van der Waals surface area contributed by atoms with E-state index in [2.05, 4.69) is 10.1 Å². The summed E-state index contributed by atoms with van der Waals surface area (Å²) in [5.74, 6) is -1.12. The van der Waals surface area contributed by atoms with E-state index in [0.717, 1.165) is 12.3 Å². The quantitative estimate of drug-likeness (QED) is 0.567. The molecule has 0 aromatic heterocycles. The number of amides is 1. The Balaban J connectivity index is 0. The number of ether oxygens (including phenoxy) is 1. The number of carbonyl (C=O) groups excluding carboxylic acids is 1. The topological polar surface area (TPSA) is 107 Å². The average Bonchev–Trinajstić information content (AvgIpc) is 1.87. The fourth-order valence-electron chi connectivity index (χ4n) is 0.354. The summed E-state index contributed by atoms with van der Waals surface area (Å²) >= 11 is 0. The molecule has 12 heavy (non-hydrogen) atoms. The maximum atomic E-state index is 10.4. The second-order valence-electron chi connectivity index (χ2n) is 1.54. The predicted octanol–water partition coefficient (Wildman–Crippen LogP) is -0.494. The number of nitrogens with one attached hydrogen (secondary N) is 1. The number of alkyl carbamates (subject to hydrolysis) is 1. The minimum absolute atomic E-state index is 0. The Morgan fingerprint density at radius 2 is 2.17 bits per heavy atom. The van der Waals surface area contributed by atoms with Gasteiger partial charge in [0.15, 0.2) is 0 Å². The summed E-state index contributed by atoms with van der Waals surface area (Å²) in [4.78, 5) is 20.3. The molecule has 6 heteroatoms. The first-order chi connectivity index (χ1) is 5.16. The molecule has 0 radical (unpaired) electrons. The molecule has 0 fully saturated rings. The molecule has 0 saturated carbocycles. The lowest BCUT2D eigenvalue weighted by molar-refractivity contribution is -0.131. The van der Waals surface area contributed by atoms with Gasteiger partial charge in [-0.15, -0.1) is 0 Å². The Labute approximate surface area is 69.1 Å². The van der Waals surface area contributed by atoms with Gasteiger partial charge in [-0.3, -0.25) is 5.32 Å². The molecular formula is C6H11NO5. The van der Waals surface area contributed by atoms with E-state index in [1.807, 2.05) is 0 Å². The number of aliphatic carboxylic acids is 1. The van der Waals surface area contributed by atoms with Crippen molar-refractivity contribution in [2.24, 2.45) is 0 Å². The molecule has 0 rings (SSSR count). The number of carboxylic acids is 1. The van der Waals surface area contributed by atoms with Crippen molar-refractivity contribution in [2.45, 2.75) is 6.92 Å². The summed E-state index contributed by atoms with van der Waals surface area (Å²) in [5, 5.41) is 10.2. The van der Waals surface area contributed by atoms with Crippen molar-refractivity contribution in [3.05, 3.63) is 12.3 Å². The van der Waals surface area contributed by atoms with Gasteiger partial charge >= 0.3 is 12.1 Å².